The Hall–Kier alpha value is -2.27. The number of aliphatic hydroxyl groups is 1. The summed E-state index contributed by atoms with van der Waals surface area (Å²) in [5.74, 6) is 0.894. The fourth-order valence-electron chi connectivity index (χ4n) is 2.50. The molecular formula is C17H19NO7S2. The SMILES string of the molecule is CCOC(O)/C=C/c1cc(NS(=O)(=O)c2cccs2)c2c(c1OC)OCO2. The summed E-state index contributed by atoms with van der Waals surface area (Å²) in [6.45, 7) is 2.04. The minimum absolute atomic E-state index is 0.0613. The zero-order valence-corrected chi connectivity index (χ0v) is 16.3. The molecule has 1 aliphatic heterocycles. The number of hydrogen-bond acceptors (Lipinski definition) is 8. The van der Waals surface area contributed by atoms with Gasteiger partial charge in [-0.05, 0) is 30.5 Å². The van der Waals surface area contributed by atoms with E-state index in [0.717, 1.165) is 11.3 Å². The molecule has 0 saturated carbocycles. The van der Waals surface area contributed by atoms with E-state index in [9.17, 15) is 13.5 Å². The number of nitrogens with one attached hydrogen (secondary N) is 1. The Balaban J connectivity index is 2.02. The van der Waals surface area contributed by atoms with Crippen LogP contribution in [0.25, 0.3) is 6.08 Å². The van der Waals surface area contributed by atoms with Gasteiger partial charge >= 0.3 is 0 Å². The van der Waals surface area contributed by atoms with Crippen LogP contribution in [-0.2, 0) is 14.8 Å². The fourth-order valence-corrected chi connectivity index (χ4v) is 4.54. The van der Waals surface area contributed by atoms with Crippen LogP contribution >= 0.6 is 11.3 Å². The summed E-state index contributed by atoms with van der Waals surface area (Å²) in [4.78, 5) is 0. The number of anilines is 1. The first-order valence-electron chi connectivity index (χ1n) is 8.01. The van der Waals surface area contributed by atoms with Crippen LogP contribution in [0.15, 0.2) is 33.9 Å². The average molecular weight is 413 g/mol. The second-order valence-electron chi connectivity index (χ2n) is 5.35. The van der Waals surface area contributed by atoms with Gasteiger partial charge in [0.15, 0.2) is 17.8 Å². The summed E-state index contributed by atoms with van der Waals surface area (Å²) < 4.78 is 49.2. The van der Waals surface area contributed by atoms with Gasteiger partial charge in [-0.3, -0.25) is 4.72 Å². The lowest BCUT2D eigenvalue weighted by Gasteiger charge is -2.14. The summed E-state index contributed by atoms with van der Waals surface area (Å²) in [6.07, 6.45) is 1.88. The molecular weight excluding hydrogens is 394 g/mol. The first-order chi connectivity index (χ1) is 13.0. The lowest BCUT2D eigenvalue weighted by molar-refractivity contribution is -0.0581. The number of fused-ring (bicyclic) bond motifs is 1. The molecule has 1 aliphatic rings. The minimum Gasteiger partial charge on any atom is -0.492 e. The molecule has 1 unspecified atom stereocenters. The van der Waals surface area contributed by atoms with Crippen molar-refractivity contribution in [2.24, 2.45) is 0 Å². The van der Waals surface area contributed by atoms with Gasteiger partial charge in [0.1, 0.15) is 4.21 Å². The van der Waals surface area contributed by atoms with Crippen molar-refractivity contribution in [3.05, 3.63) is 35.2 Å². The maximum absolute atomic E-state index is 12.6. The molecule has 1 aromatic heterocycles. The standard InChI is InChI=1S/C17H19NO7S2/c1-3-23-13(19)7-6-11-9-12(16-17(15(11)22-2)25-10-24-16)18-27(20,21)14-5-4-8-26-14/h4-9,13,18-19H,3,10H2,1-2H3/b7-6+. The first-order valence-corrected chi connectivity index (χ1v) is 10.4. The van der Waals surface area contributed by atoms with Gasteiger partial charge in [-0.1, -0.05) is 12.1 Å². The van der Waals surface area contributed by atoms with Gasteiger partial charge in [0, 0.05) is 12.2 Å². The van der Waals surface area contributed by atoms with Crippen LogP contribution in [0.1, 0.15) is 12.5 Å². The van der Waals surface area contributed by atoms with E-state index in [0.29, 0.717) is 17.9 Å². The van der Waals surface area contributed by atoms with Crippen LogP contribution in [0, 0.1) is 0 Å². The predicted molar refractivity (Wildman–Crippen MR) is 101 cm³/mol. The minimum atomic E-state index is -3.77. The molecule has 0 spiro atoms. The molecule has 2 N–H and O–H groups in total. The van der Waals surface area contributed by atoms with E-state index in [1.807, 2.05) is 0 Å². The number of benzene rings is 1. The average Bonchev–Trinajstić information content (AvgIpc) is 3.32. The predicted octanol–water partition coefficient (Wildman–Crippen LogP) is 2.65. The summed E-state index contributed by atoms with van der Waals surface area (Å²) >= 11 is 1.10. The molecule has 0 amide bonds. The number of hydrogen-bond donors (Lipinski definition) is 2. The van der Waals surface area contributed by atoms with Crippen molar-refractivity contribution in [1.82, 2.24) is 0 Å². The van der Waals surface area contributed by atoms with Crippen LogP contribution in [-0.4, -0.2) is 40.3 Å². The third kappa shape index (κ3) is 4.19. The molecule has 3 rings (SSSR count). The second kappa shape index (κ2) is 8.17. The Labute approximate surface area is 161 Å². The smallest absolute Gasteiger partial charge is 0.271 e. The third-order valence-corrected chi connectivity index (χ3v) is 6.37. The highest BCUT2D eigenvalue weighted by molar-refractivity contribution is 7.94. The molecule has 27 heavy (non-hydrogen) atoms. The van der Waals surface area contributed by atoms with Crippen molar-refractivity contribution in [3.8, 4) is 17.2 Å². The van der Waals surface area contributed by atoms with Crippen molar-refractivity contribution in [3.63, 3.8) is 0 Å². The molecule has 2 heterocycles. The lowest BCUT2D eigenvalue weighted by atomic mass is 10.1. The van der Waals surface area contributed by atoms with Crippen LogP contribution in [0.3, 0.4) is 0 Å². The topological polar surface area (TPSA) is 103 Å². The monoisotopic (exact) mass is 413 g/mol. The molecule has 0 fully saturated rings. The van der Waals surface area contributed by atoms with Crippen molar-refractivity contribution in [2.75, 3.05) is 25.2 Å². The Bertz CT molecular complexity index is 923. The van der Waals surface area contributed by atoms with E-state index in [4.69, 9.17) is 18.9 Å². The number of ether oxygens (including phenoxy) is 4. The Kier molecular flexibility index (Phi) is 5.90. The number of aliphatic hydroxyl groups excluding tert-OH is 1. The highest BCUT2D eigenvalue weighted by atomic mass is 32.2. The number of rotatable bonds is 8. The Morgan fingerprint density at radius 1 is 1.41 bits per heavy atom. The van der Waals surface area contributed by atoms with Crippen LogP contribution in [0.2, 0.25) is 0 Å². The normalized spacial score (nSPS) is 14.5. The highest BCUT2D eigenvalue weighted by Gasteiger charge is 2.28. The largest absolute Gasteiger partial charge is 0.492 e. The van der Waals surface area contributed by atoms with Crippen LogP contribution in [0.4, 0.5) is 5.69 Å². The Morgan fingerprint density at radius 3 is 2.85 bits per heavy atom. The molecule has 0 saturated heterocycles. The van der Waals surface area contributed by atoms with Gasteiger partial charge < -0.3 is 24.1 Å². The quantitative estimate of drug-likeness (QED) is 0.641. The van der Waals surface area contributed by atoms with E-state index in [1.54, 1.807) is 30.5 Å². The Morgan fingerprint density at radius 2 is 2.19 bits per heavy atom. The fraction of sp³-hybridized carbons (Fsp3) is 0.294. The van der Waals surface area contributed by atoms with Gasteiger partial charge in [-0.15, -0.1) is 11.3 Å². The molecule has 2 aromatic rings. The van der Waals surface area contributed by atoms with Crippen molar-refractivity contribution >= 4 is 33.1 Å². The summed E-state index contributed by atoms with van der Waals surface area (Å²) in [6, 6.07) is 4.71. The molecule has 0 aliphatic carbocycles. The number of thiophene rings is 1. The van der Waals surface area contributed by atoms with Gasteiger partial charge in [-0.2, -0.15) is 0 Å². The number of sulfonamides is 1. The van der Waals surface area contributed by atoms with Crippen LogP contribution in [0.5, 0.6) is 17.2 Å². The van der Waals surface area contributed by atoms with E-state index in [2.05, 4.69) is 4.72 Å². The molecule has 146 valence electrons. The molecule has 1 aromatic carbocycles. The summed E-state index contributed by atoms with van der Waals surface area (Å²) in [5.41, 5.74) is 0.701. The van der Waals surface area contributed by atoms with E-state index in [1.165, 1.54) is 19.3 Å². The van der Waals surface area contributed by atoms with E-state index >= 15 is 0 Å². The second-order valence-corrected chi connectivity index (χ2v) is 8.21. The summed E-state index contributed by atoms with van der Waals surface area (Å²) in [5, 5.41) is 11.4. The molecule has 1 atom stereocenters. The maximum atomic E-state index is 12.6. The van der Waals surface area contributed by atoms with Crippen molar-refractivity contribution in [2.45, 2.75) is 17.4 Å². The lowest BCUT2D eigenvalue weighted by Crippen LogP contribution is -2.12. The van der Waals surface area contributed by atoms with Gasteiger partial charge in [0.2, 0.25) is 12.5 Å². The summed E-state index contributed by atoms with van der Waals surface area (Å²) in [7, 11) is -2.31. The molecule has 8 nitrogen and oxygen atoms in total. The van der Waals surface area contributed by atoms with E-state index < -0.39 is 16.3 Å². The van der Waals surface area contributed by atoms with Crippen molar-refractivity contribution in [1.29, 1.82) is 0 Å². The highest BCUT2D eigenvalue weighted by Crippen LogP contribution is 2.49. The van der Waals surface area contributed by atoms with Gasteiger partial charge in [0.05, 0.1) is 12.8 Å². The van der Waals surface area contributed by atoms with E-state index in [-0.39, 0.29) is 28.2 Å². The number of methoxy groups -OCH3 is 1. The molecule has 0 bridgehead atoms. The first kappa shape index (κ1) is 19.5. The van der Waals surface area contributed by atoms with Gasteiger partial charge in [0.25, 0.3) is 10.0 Å². The van der Waals surface area contributed by atoms with Gasteiger partial charge in [-0.25, -0.2) is 8.42 Å². The van der Waals surface area contributed by atoms with Crippen LogP contribution < -0.4 is 18.9 Å². The maximum Gasteiger partial charge on any atom is 0.271 e. The zero-order chi connectivity index (χ0) is 19.4. The third-order valence-electron chi connectivity index (χ3n) is 3.61. The molecule has 0 radical (unpaired) electrons. The zero-order valence-electron chi connectivity index (χ0n) is 14.7. The molecule has 10 heteroatoms. The van der Waals surface area contributed by atoms with Crippen molar-refractivity contribution < 1.29 is 32.5 Å².